The first-order valence-electron chi connectivity index (χ1n) is 8.36. The molecule has 0 fully saturated rings. The fourth-order valence-electron chi connectivity index (χ4n) is 2.69. The molecule has 1 aliphatic heterocycles. The van der Waals surface area contributed by atoms with Crippen molar-refractivity contribution >= 4 is 29.3 Å². The smallest absolute Gasteiger partial charge is 0.350 e. The number of nitrogens with one attached hydrogen (secondary N) is 2. The Labute approximate surface area is 162 Å². The Morgan fingerprint density at radius 1 is 0.897 bits per heavy atom. The standard InChI is InChI=1S/C19H14F3N3O4/c20-19(21,22)18(29)24-12-7-5-11(6-8-12)9-23-15(26)10-25-16(27)13-3-1-2-4-14(13)17(25)28/h1-8H,9-10H2,(H,23,26)(H,24,29). The van der Waals surface area contributed by atoms with Crippen LogP contribution in [0.3, 0.4) is 0 Å². The minimum atomic E-state index is -4.99. The van der Waals surface area contributed by atoms with Crippen LogP contribution in [0.25, 0.3) is 0 Å². The highest BCUT2D eigenvalue weighted by atomic mass is 19.4. The van der Waals surface area contributed by atoms with Gasteiger partial charge >= 0.3 is 12.1 Å². The van der Waals surface area contributed by atoms with Gasteiger partial charge < -0.3 is 10.6 Å². The fourth-order valence-corrected chi connectivity index (χ4v) is 2.69. The van der Waals surface area contributed by atoms with E-state index in [1.165, 1.54) is 36.4 Å². The average molecular weight is 405 g/mol. The molecule has 0 aliphatic carbocycles. The van der Waals surface area contributed by atoms with E-state index in [0.717, 1.165) is 4.90 Å². The first kappa shape index (κ1) is 20.1. The molecule has 0 saturated carbocycles. The minimum absolute atomic E-state index is 0.0233. The van der Waals surface area contributed by atoms with Crippen LogP contribution in [0, 0.1) is 0 Å². The lowest BCUT2D eigenvalue weighted by Gasteiger charge is -2.14. The fraction of sp³-hybridized carbons (Fsp3) is 0.158. The second-order valence-corrected chi connectivity index (χ2v) is 6.17. The van der Waals surface area contributed by atoms with Crippen molar-refractivity contribution in [3.63, 3.8) is 0 Å². The van der Waals surface area contributed by atoms with Crippen LogP contribution in [0.5, 0.6) is 0 Å². The molecule has 1 heterocycles. The zero-order valence-electron chi connectivity index (χ0n) is 14.7. The maximum atomic E-state index is 12.2. The second-order valence-electron chi connectivity index (χ2n) is 6.17. The van der Waals surface area contributed by atoms with E-state index in [9.17, 15) is 32.3 Å². The van der Waals surface area contributed by atoms with Crippen LogP contribution in [0.1, 0.15) is 26.3 Å². The second kappa shape index (κ2) is 7.74. The molecule has 2 aromatic rings. The minimum Gasteiger partial charge on any atom is -0.350 e. The number of benzene rings is 2. The maximum Gasteiger partial charge on any atom is 0.471 e. The molecule has 3 rings (SSSR count). The number of hydrogen-bond donors (Lipinski definition) is 2. The molecule has 4 amide bonds. The number of imide groups is 1. The van der Waals surface area contributed by atoms with E-state index in [4.69, 9.17) is 0 Å². The van der Waals surface area contributed by atoms with Gasteiger partial charge in [-0.25, -0.2) is 0 Å². The Bertz CT molecular complexity index is 952. The van der Waals surface area contributed by atoms with Gasteiger partial charge in [0.05, 0.1) is 11.1 Å². The lowest BCUT2D eigenvalue weighted by Crippen LogP contribution is -2.40. The summed E-state index contributed by atoms with van der Waals surface area (Å²) in [5, 5.41) is 4.23. The zero-order valence-corrected chi connectivity index (χ0v) is 14.7. The monoisotopic (exact) mass is 405 g/mol. The van der Waals surface area contributed by atoms with E-state index >= 15 is 0 Å². The summed E-state index contributed by atoms with van der Waals surface area (Å²) >= 11 is 0. The average Bonchev–Trinajstić information content (AvgIpc) is 2.92. The molecule has 0 spiro atoms. The molecule has 0 atom stereocenters. The number of anilines is 1. The third-order valence-corrected chi connectivity index (χ3v) is 4.14. The molecule has 10 heteroatoms. The van der Waals surface area contributed by atoms with Gasteiger partial charge in [-0.3, -0.25) is 24.1 Å². The summed E-state index contributed by atoms with van der Waals surface area (Å²) in [5.74, 6) is -3.76. The highest BCUT2D eigenvalue weighted by Crippen LogP contribution is 2.22. The van der Waals surface area contributed by atoms with E-state index < -0.39 is 36.3 Å². The van der Waals surface area contributed by atoms with Gasteiger partial charge in [0.15, 0.2) is 0 Å². The van der Waals surface area contributed by atoms with Gasteiger partial charge in [-0.1, -0.05) is 24.3 Å². The number of nitrogens with zero attached hydrogens (tertiary/aromatic N) is 1. The first-order chi connectivity index (χ1) is 13.7. The summed E-state index contributed by atoms with van der Waals surface area (Å²) in [4.78, 5) is 48.3. The van der Waals surface area contributed by atoms with E-state index in [2.05, 4.69) is 5.32 Å². The lowest BCUT2D eigenvalue weighted by atomic mass is 10.1. The molecule has 2 N–H and O–H groups in total. The number of amides is 4. The predicted molar refractivity (Wildman–Crippen MR) is 94.8 cm³/mol. The summed E-state index contributed by atoms with van der Waals surface area (Å²) in [6, 6.07) is 11.6. The number of carbonyl (C=O) groups excluding carboxylic acids is 4. The molecule has 150 valence electrons. The van der Waals surface area contributed by atoms with Crippen molar-refractivity contribution in [1.29, 1.82) is 0 Å². The van der Waals surface area contributed by atoms with Crippen LogP contribution in [-0.4, -0.2) is 41.2 Å². The highest BCUT2D eigenvalue weighted by Gasteiger charge is 2.38. The summed E-state index contributed by atoms with van der Waals surface area (Å²) in [6.45, 7) is -0.429. The number of carbonyl (C=O) groups is 4. The molecular weight excluding hydrogens is 391 g/mol. The third-order valence-electron chi connectivity index (χ3n) is 4.14. The number of halogens is 3. The van der Waals surface area contributed by atoms with Gasteiger partial charge in [0, 0.05) is 12.2 Å². The number of rotatable bonds is 5. The van der Waals surface area contributed by atoms with E-state index in [0.29, 0.717) is 5.56 Å². The van der Waals surface area contributed by atoms with Crippen LogP contribution in [0.2, 0.25) is 0 Å². The van der Waals surface area contributed by atoms with E-state index in [1.807, 2.05) is 0 Å². The summed E-state index contributed by atoms with van der Waals surface area (Å²) in [6.07, 6.45) is -4.99. The zero-order chi connectivity index (χ0) is 21.2. The molecule has 0 saturated heterocycles. The molecule has 0 radical (unpaired) electrons. The molecule has 1 aliphatic rings. The molecule has 0 unspecified atom stereocenters. The number of alkyl halides is 3. The van der Waals surface area contributed by atoms with Crippen LogP contribution in [-0.2, 0) is 16.1 Å². The Balaban J connectivity index is 1.53. The molecule has 29 heavy (non-hydrogen) atoms. The number of hydrogen-bond acceptors (Lipinski definition) is 4. The van der Waals surface area contributed by atoms with Gasteiger partial charge in [-0.05, 0) is 29.8 Å². The summed E-state index contributed by atoms with van der Waals surface area (Å²) in [5.41, 5.74) is 0.975. The van der Waals surface area contributed by atoms with Gasteiger partial charge in [0.1, 0.15) is 6.54 Å². The van der Waals surface area contributed by atoms with Crippen LogP contribution in [0.4, 0.5) is 18.9 Å². The molecule has 0 bridgehead atoms. The first-order valence-corrected chi connectivity index (χ1v) is 8.36. The lowest BCUT2D eigenvalue weighted by molar-refractivity contribution is -0.167. The maximum absolute atomic E-state index is 12.2. The van der Waals surface area contributed by atoms with Crippen molar-refractivity contribution in [1.82, 2.24) is 10.2 Å². The van der Waals surface area contributed by atoms with Gasteiger partial charge in [-0.15, -0.1) is 0 Å². The Morgan fingerprint density at radius 3 is 1.97 bits per heavy atom. The van der Waals surface area contributed by atoms with Gasteiger partial charge in [0.2, 0.25) is 5.91 Å². The Kier molecular flexibility index (Phi) is 5.35. The Hall–Kier alpha value is -3.69. The van der Waals surface area contributed by atoms with E-state index in [-0.39, 0.29) is 23.4 Å². The summed E-state index contributed by atoms with van der Waals surface area (Å²) < 4.78 is 36.7. The summed E-state index contributed by atoms with van der Waals surface area (Å²) in [7, 11) is 0. The van der Waals surface area contributed by atoms with E-state index in [1.54, 1.807) is 17.4 Å². The largest absolute Gasteiger partial charge is 0.471 e. The van der Waals surface area contributed by atoms with Crippen molar-refractivity contribution < 1.29 is 32.3 Å². The molecular formula is C19H14F3N3O4. The third kappa shape index (κ3) is 4.42. The topological polar surface area (TPSA) is 95.6 Å². The van der Waals surface area contributed by atoms with Crippen molar-refractivity contribution in [2.24, 2.45) is 0 Å². The SMILES string of the molecule is O=C(CN1C(=O)c2ccccc2C1=O)NCc1ccc(NC(=O)C(F)(F)F)cc1. The van der Waals surface area contributed by atoms with Gasteiger partial charge in [-0.2, -0.15) is 13.2 Å². The van der Waals surface area contributed by atoms with Crippen molar-refractivity contribution in [3.05, 3.63) is 65.2 Å². The van der Waals surface area contributed by atoms with Crippen LogP contribution in [0.15, 0.2) is 48.5 Å². The van der Waals surface area contributed by atoms with Gasteiger partial charge in [0.25, 0.3) is 11.8 Å². The van der Waals surface area contributed by atoms with Crippen LogP contribution >= 0.6 is 0 Å². The molecule has 7 nitrogen and oxygen atoms in total. The predicted octanol–water partition coefficient (Wildman–Crippen LogP) is 2.10. The normalized spacial score (nSPS) is 13.3. The Morgan fingerprint density at radius 2 is 1.45 bits per heavy atom. The van der Waals surface area contributed by atoms with Crippen molar-refractivity contribution in [2.75, 3.05) is 11.9 Å². The highest BCUT2D eigenvalue weighted by molar-refractivity contribution is 6.22. The van der Waals surface area contributed by atoms with Crippen LogP contribution < -0.4 is 10.6 Å². The quantitative estimate of drug-likeness (QED) is 0.745. The van der Waals surface area contributed by atoms with Crippen molar-refractivity contribution in [2.45, 2.75) is 12.7 Å². The van der Waals surface area contributed by atoms with Crippen molar-refractivity contribution in [3.8, 4) is 0 Å². The molecule has 2 aromatic carbocycles. The number of fused-ring (bicyclic) bond motifs is 1. The molecule has 0 aromatic heterocycles.